The van der Waals surface area contributed by atoms with Gasteiger partial charge in [0.25, 0.3) is 0 Å². The van der Waals surface area contributed by atoms with Crippen LogP contribution in [0, 0.1) is 0 Å². The van der Waals surface area contributed by atoms with Gasteiger partial charge in [0.2, 0.25) is 0 Å². The van der Waals surface area contributed by atoms with Crippen LogP contribution in [0.5, 0.6) is 0 Å². The molecule has 8 heteroatoms. The lowest BCUT2D eigenvalue weighted by atomic mass is 10.1. The van der Waals surface area contributed by atoms with Gasteiger partial charge in [-0.25, -0.2) is 15.2 Å². The molecule has 0 heterocycles. The number of rotatable bonds is 7. The fourth-order valence-electron chi connectivity index (χ4n) is 1.21. The molecule has 1 aromatic rings. The van der Waals surface area contributed by atoms with Gasteiger partial charge in [0.05, 0.1) is 5.71 Å². The molecular weight excluding hydrogens is 308 g/mol. The molecule has 0 aliphatic rings. The summed E-state index contributed by atoms with van der Waals surface area (Å²) in [5, 5.41) is 6.30. The summed E-state index contributed by atoms with van der Waals surface area (Å²) in [6.07, 6.45) is 0.412. The molecule has 1 atom stereocenters. The molecule has 1 aromatic carbocycles. The highest BCUT2D eigenvalue weighted by atomic mass is 35.5. The molecule has 0 radical (unpaired) electrons. The van der Waals surface area contributed by atoms with Crippen molar-refractivity contribution in [1.29, 1.82) is 0 Å². The van der Waals surface area contributed by atoms with Crippen LogP contribution in [0.4, 0.5) is 0 Å². The fraction of sp³-hybridized carbons (Fsp3) is 0.364. The molecule has 1 rings (SSSR count). The maximum absolute atomic E-state index is 11.8. The predicted molar refractivity (Wildman–Crippen MR) is 79.6 cm³/mol. The number of nitrogens with zero attached hydrogens (tertiary/aromatic N) is 1. The maximum atomic E-state index is 11.8. The molecule has 0 aromatic heterocycles. The average molecular weight is 324 g/mol. The average Bonchev–Trinajstić information content (AvgIpc) is 2.36. The number of nitrogens with one attached hydrogen (secondary N) is 1. The summed E-state index contributed by atoms with van der Waals surface area (Å²) in [5.41, 5.74) is 6.91. The number of hydrogen-bond donors (Lipinski definition) is 2. The molecule has 0 bridgehead atoms. The normalized spacial score (nSPS) is 15.3. The van der Waals surface area contributed by atoms with E-state index in [9.17, 15) is 4.57 Å². The van der Waals surface area contributed by atoms with E-state index < -0.39 is 12.5 Å². The van der Waals surface area contributed by atoms with Crippen LogP contribution in [-0.2, 0) is 9.19 Å². The van der Waals surface area contributed by atoms with E-state index in [0.717, 1.165) is 5.56 Å². The molecule has 5 nitrogen and oxygen atoms in total. The van der Waals surface area contributed by atoms with Crippen LogP contribution in [0.3, 0.4) is 0 Å². The van der Waals surface area contributed by atoms with Gasteiger partial charge < -0.3 is 4.62 Å². The van der Waals surface area contributed by atoms with Crippen LogP contribution in [0.2, 0.25) is 0 Å². The number of benzene rings is 1. The predicted octanol–water partition coefficient (Wildman–Crippen LogP) is 3.28. The summed E-state index contributed by atoms with van der Waals surface area (Å²) >= 11 is 11.1. The van der Waals surface area contributed by atoms with Crippen molar-refractivity contribution in [3.8, 4) is 0 Å². The van der Waals surface area contributed by atoms with E-state index in [-0.39, 0.29) is 6.54 Å². The zero-order chi connectivity index (χ0) is 14.3. The van der Waals surface area contributed by atoms with Crippen molar-refractivity contribution in [2.24, 2.45) is 10.7 Å². The van der Waals surface area contributed by atoms with Gasteiger partial charge in [-0.15, -0.1) is 23.2 Å². The van der Waals surface area contributed by atoms with Crippen molar-refractivity contribution in [2.45, 2.75) is 18.2 Å². The van der Waals surface area contributed by atoms with Crippen LogP contribution in [0.25, 0.3) is 0 Å². The Morgan fingerprint density at radius 3 is 2.68 bits per heavy atom. The standard InChI is InChI=1S/C11H16Cl2N3O2P/c1-9(10-5-3-2-4-6-10)16-18-19(14,17)15-8-7-11(12)13/h2-6,11H,7-8H2,1H3,(H3,14,15,17)/b16-9-. The monoisotopic (exact) mass is 323 g/mol. The Bertz CT molecular complexity index is 468. The molecule has 0 fully saturated rings. The van der Waals surface area contributed by atoms with Gasteiger partial charge in [-0.05, 0) is 18.9 Å². The van der Waals surface area contributed by atoms with E-state index in [0.29, 0.717) is 12.1 Å². The van der Waals surface area contributed by atoms with Gasteiger partial charge >= 0.3 is 7.67 Å². The second-order valence-electron chi connectivity index (χ2n) is 3.81. The quantitative estimate of drug-likeness (QED) is 0.349. The summed E-state index contributed by atoms with van der Waals surface area (Å²) < 4.78 is 16.6. The SMILES string of the molecule is C/C(=N/OP(N)(=O)NCCC(Cl)Cl)c1ccccc1. The second-order valence-corrected chi connectivity index (χ2v) is 6.76. The molecule has 0 saturated carbocycles. The zero-order valence-corrected chi connectivity index (χ0v) is 12.8. The van der Waals surface area contributed by atoms with E-state index in [1.807, 2.05) is 30.3 Å². The van der Waals surface area contributed by atoms with Crippen LogP contribution in [0.15, 0.2) is 35.5 Å². The summed E-state index contributed by atoms with van der Waals surface area (Å²) in [7, 11) is -3.48. The van der Waals surface area contributed by atoms with Crippen molar-refractivity contribution >= 4 is 36.6 Å². The van der Waals surface area contributed by atoms with Crippen LogP contribution >= 0.6 is 30.9 Å². The van der Waals surface area contributed by atoms with Crippen molar-refractivity contribution < 1.29 is 9.19 Å². The van der Waals surface area contributed by atoms with Gasteiger partial charge in [0, 0.05) is 6.54 Å². The van der Waals surface area contributed by atoms with Crippen LogP contribution in [-0.4, -0.2) is 17.1 Å². The first-order chi connectivity index (χ1) is 8.91. The highest BCUT2D eigenvalue weighted by Crippen LogP contribution is 2.32. The Hall–Kier alpha value is -0.580. The van der Waals surface area contributed by atoms with Crippen molar-refractivity contribution in [3.05, 3.63) is 35.9 Å². The minimum Gasteiger partial charge on any atom is -0.311 e. The summed E-state index contributed by atoms with van der Waals surface area (Å²) in [4.78, 5) is -0.540. The lowest BCUT2D eigenvalue weighted by Crippen LogP contribution is -2.20. The van der Waals surface area contributed by atoms with E-state index >= 15 is 0 Å². The topological polar surface area (TPSA) is 76.7 Å². The number of hydrogen-bond acceptors (Lipinski definition) is 3. The molecule has 1 unspecified atom stereocenters. The van der Waals surface area contributed by atoms with Crippen molar-refractivity contribution in [3.63, 3.8) is 0 Å². The lowest BCUT2D eigenvalue weighted by molar-refractivity contribution is 0.325. The van der Waals surface area contributed by atoms with Gasteiger partial charge in [0.1, 0.15) is 4.84 Å². The van der Waals surface area contributed by atoms with Gasteiger partial charge in [-0.2, -0.15) is 0 Å². The molecule has 19 heavy (non-hydrogen) atoms. The van der Waals surface area contributed by atoms with Crippen LogP contribution in [0.1, 0.15) is 18.9 Å². The van der Waals surface area contributed by atoms with E-state index in [4.69, 9.17) is 33.3 Å². The lowest BCUT2D eigenvalue weighted by Gasteiger charge is -2.12. The van der Waals surface area contributed by atoms with Crippen molar-refractivity contribution in [1.82, 2.24) is 5.09 Å². The number of halogens is 2. The summed E-state index contributed by atoms with van der Waals surface area (Å²) in [6, 6.07) is 9.36. The minimum atomic E-state index is -3.48. The molecule has 3 N–H and O–H groups in total. The fourth-order valence-corrected chi connectivity index (χ4v) is 2.17. The molecule has 0 aliphatic heterocycles. The van der Waals surface area contributed by atoms with E-state index in [1.165, 1.54) is 0 Å². The molecule has 0 saturated heterocycles. The Morgan fingerprint density at radius 1 is 1.47 bits per heavy atom. The highest BCUT2D eigenvalue weighted by molar-refractivity contribution is 7.54. The van der Waals surface area contributed by atoms with Crippen LogP contribution < -0.4 is 10.6 Å². The maximum Gasteiger partial charge on any atom is 0.408 e. The van der Waals surface area contributed by atoms with Crippen molar-refractivity contribution in [2.75, 3.05) is 6.54 Å². The Labute approximate surface area is 122 Å². The van der Waals surface area contributed by atoms with Gasteiger partial charge in [-0.1, -0.05) is 35.5 Å². The smallest absolute Gasteiger partial charge is 0.311 e. The molecule has 106 valence electrons. The zero-order valence-electron chi connectivity index (χ0n) is 10.4. The molecule has 0 spiro atoms. The molecule has 0 amide bonds. The third kappa shape index (κ3) is 6.95. The molecular formula is C11H16Cl2N3O2P. The molecule has 0 aliphatic carbocycles. The Morgan fingerprint density at radius 2 is 2.11 bits per heavy atom. The van der Waals surface area contributed by atoms with Gasteiger partial charge in [-0.3, -0.25) is 0 Å². The highest BCUT2D eigenvalue weighted by Gasteiger charge is 2.17. The first-order valence-corrected chi connectivity index (χ1v) is 8.18. The Balaban J connectivity index is 2.52. The first-order valence-electron chi connectivity index (χ1n) is 5.61. The van der Waals surface area contributed by atoms with E-state index in [1.54, 1.807) is 6.92 Å². The summed E-state index contributed by atoms with van der Waals surface area (Å²) in [5.74, 6) is 0. The number of alkyl halides is 2. The number of oxime groups is 1. The second kappa shape index (κ2) is 7.88. The largest absolute Gasteiger partial charge is 0.408 e. The van der Waals surface area contributed by atoms with E-state index in [2.05, 4.69) is 10.2 Å². The summed E-state index contributed by atoms with van der Waals surface area (Å²) in [6.45, 7) is 2.02. The third-order valence-electron chi connectivity index (χ3n) is 2.19. The first kappa shape index (κ1) is 16.5. The Kier molecular flexibility index (Phi) is 6.83. The number of nitrogens with two attached hydrogens (primary N) is 1. The third-order valence-corrected chi connectivity index (χ3v) is 3.61. The van der Waals surface area contributed by atoms with Gasteiger partial charge in [0.15, 0.2) is 0 Å². The minimum absolute atomic E-state index is 0.283.